The fourth-order valence-electron chi connectivity index (χ4n) is 2.74. The van der Waals surface area contributed by atoms with Crippen LogP contribution in [0.3, 0.4) is 0 Å². The van der Waals surface area contributed by atoms with Gasteiger partial charge in [0.1, 0.15) is 6.54 Å². The molecule has 0 radical (unpaired) electrons. The van der Waals surface area contributed by atoms with Crippen LogP contribution in [0.1, 0.15) is 18.1 Å². The van der Waals surface area contributed by atoms with Crippen molar-refractivity contribution in [1.29, 1.82) is 0 Å². The number of aliphatic carboxylic acids is 1. The van der Waals surface area contributed by atoms with Gasteiger partial charge in [0.05, 0.1) is 11.6 Å². The molecule has 2 atom stereocenters. The molecule has 0 heterocycles. The van der Waals surface area contributed by atoms with E-state index in [1.54, 1.807) is 24.3 Å². The van der Waals surface area contributed by atoms with Crippen LogP contribution in [0, 0.1) is 5.92 Å². The van der Waals surface area contributed by atoms with Crippen molar-refractivity contribution in [2.75, 3.05) is 6.54 Å². The summed E-state index contributed by atoms with van der Waals surface area (Å²) in [6, 6.07) is 16.1. The lowest BCUT2D eigenvalue weighted by Gasteiger charge is -2.24. The van der Waals surface area contributed by atoms with Gasteiger partial charge >= 0.3 is 13.6 Å². The molecule has 0 aliphatic rings. The van der Waals surface area contributed by atoms with Crippen LogP contribution >= 0.6 is 7.60 Å². The highest BCUT2D eigenvalue weighted by Gasteiger charge is 2.38. The van der Waals surface area contributed by atoms with Crippen molar-refractivity contribution < 1.29 is 29.0 Å². The molecule has 26 heavy (non-hydrogen) atoms. The van der Waals surface area contributed by atoms with Crippen LogP contribution in [-0.2, 0) is 14.2 Å². The molecule has 2 aromatic carbocycles. The molecule has 8 heteroatoms. The maximum absolute atomic E-state index is 12.1. The van der Waals surface area contributed by atoms with Gasteiger partial charge in [-0.1, -0.05) is 61.5 Å². The molecule has 4 N–H and O–H groups in total. The van der Waals surface area contributed by atoms with Gasteiger partial charge in [-0.15, -0.1) is 0 Å². The Morgan fingerprint density at radius 2 is 1.54 bits per heavy atom. The number of rotatable bonds is 7. The Kier molecular flexibility index (Phi) is 6.32. The molecule has 0 bridgehead atoms. The van der Waals surface area contributed by atoms with Crippen molar-refractivity contribution in [3.05, 3.63) is 60.2 Å². The first-order valence-electron chi connectivity index (χ1n) is 7.90. The Morgan fingerprint density at radius 3 is 2.04 bits per heavy atom. The van der Waals surface area contributed by atoms with Gasteiger partial charge in [-0.3, -0.25) is 14.2 Å². The summed E-state index contributed by atoms with van der Waals surface area (Å²) >= 11 is 0. The van der Waals surface area contributed by atoms with Gasteiger partial charge in [0.2, 0.25) is 5.91 Å². The van der Waals surface area contributed by atoms with E-state index in [9.17, 15) is 23.9 Å². The van der Waals surface area contributed by atoms with E-state index in [4.69, 9.17) is 5.11 Å². The van der Waals surface area contributed by atoms with Gasteiger partial charge in [-0.25, -0.2) is 0 Å². The zero-order valence-electron chi connectivity index (χ0n) is 14.1. The van der Waals surface area contributed by atoms with Crippen molar-refractivity contribution in [3.63, 3.8) is 0 Å². The normalized spacial score (nSPS) is 13.7. The van der Waals surface area contributed by atoms with Gasteiger partial charge in [-0.05, 0) is 16.7 Å². The molecule has 0 aromatic heterocycles. The minimum Gasteiger partial charge on any atom is -0.480 e. The second-order valence-corrected chi connectivity index (χ2v) is 7.66. The summed E-state index contributed by atoms with van der Waals surface area (Å²) in [7, 11) is -4.65. The highest BCUT2D eigenvalue weighted by molar-refractivity contribution is 7.52. The van der Waals surface area contributed by atoms with Gasteiger partial charge < -0.3 is 20.2 Å². The summed E-state index contributed by atoms with van der Waals surface area (Å²) < 4.78 is 12.0. The van der Waals surface area contributed by atoms with E-state index in [-0.39, 0.29) is 0 Å². The number of carbonyl (C=O) groups is 2. The number of amides is 1. The maximum atomic E-state index is 12.1. The van der Waals surface area contributed by atoms with E-state index in [1.165, 1.54) is 6.92 Å². The number of benzene rings is 2. The van der Waals surface area contributed by atoms with Crippen LogP contribution < -0.4 is 5.32 Å². The second-order valence-electron chi connectivity index (χ2n) is 5.92. The average Bonchev–Trinajstić information content (AvgIpc) is 2.60. The zero-order valence-corrected chi connectivity index (χ0v) is 15.0. The highest BCUT2D eigenvalue weighted by atomic mass is 31.2. The Hall–Kier alpha value is -2.47. The third-order valence-electron chi connectivity index (χ3n) is 4.02. The van der Waals surface area contributed by atoms with E-state index in [2.05, 4.69) is 5.32 Å². The van der Waals surface area contributed by atoms with E-state index in [1.807, 2.05) is 30.3 Å². The summed E-state index contributed by atoms with van der Waals surface area (Å²) in [5, 5.41) is 10.8. The van der Waals surface area contributed by atoms with E-state index >= 15 is 0 Å². The molecule has 0 spiro atoms. The van der Waals surface area contributed by atoms with Crippen molar-refractivity contribution >= 4 is 19.5 Å². The first-order valence-corrected chi connectivity index (χ1v) is 9.58. The second kappa shape index (κ2) is 8.27. The molecular weight excluding hydrogens is 357 g/mol. The van der Waals surface area contributed by atoms with Gasteiger partial charge in [0.15, 0.2) is 0 Å². The molecule has 0 fully saturated rings. The summed E-state index contributed by atoms with van der Waals surface area (Å²) in [5.41, 5.74) is 0.790. The zero-order chi connectivity index (χ0) is 19.3. The fraction of sp³-hybridized carbons (Fsp3) is 0.222. The predicted octanol–water partition coefficient (Wildman–Crippen LogP) is 2.41. The smallest absolute Gasteiger partial charge is 0.333 e. The van der Waals surface area contributed by atoms with Crippen molar-refractivity contribution in [3.8, 4) is 11.1 Å². The SMILES string of the molecule is CC(C(=O)NCC(=O)O)C(c1ccc(-c2ccccc2)cc1)P(=O)(O)O. The standard InChI is InChI=1S/C18H20NO6P/c1-12(18(22)19-11-16(20)21)17(26(23,24)25)15-9-7-14(8-10-15)13-5-3-2-4-6-13/h2-10,12,17H,11H2,1H3,(H,19,22)(H,20,21)(H2,23,24,25). The monoisotopic (exact) mass is 377 g/mol. The number of hydrogen-bond acceptors (Lipinski definition) is 3. The summed E-state index contributed by atoms with van der Waals surface area (Å²) in [6.07, 6.45) is 0. The molecule has 138 valence electrons. The number of hydrogen-bond donors (Lipinski definition) is 4. The van der Waals surface area contributed by atoms with Gasteiger partial charge in [0.25, 0.3) is 0 Å². The molecule has 2 unspecified atom stereocenters. The lowest BCUT2D eigenvalue weighted by atomic mass is 9.97. The quantitative estimate of drug-likeness (QED) is 0.550. The third-order valence-corrected chi connectivity index (χ3v) is 5.49. The van der Waals surface area contributed by atoms with Crippen LogP contribution in [0.4, 0.5) is 0 Å². The number of carbonyl (C=O) groups excluding carboxylic acids is 1. The first-order chi connectivity index (χ1) is 12.2. The van der Waals surface area contributed by atoms with Crippen molar-refractivity contribution in [2.24, 2.45) is 5.92 Å². The van der Waals surface area contributed by atoms with Crippen LogP contribution in [-0.4, -0.2) is 33.3 Å². The van der Waals surface area contributed by atoms with Crippen LogP contribution in [0.25, 0.3) is 11.1 Å². The predicted molar refractivity (Wildman–Crippen MR) is 96.5 cm³/mol. The molecular formula is C18H20NO6P. The minimum atomic E-state index is -4.65. The summed E-state index contributed by atoms with van der Waals surface area (Å²) in [4.78, 5) is 42.1. The molecule has 0 aliphatic heterocycles. The molecule has 0 saturated carbocycles. The number of carboxylic acid groups (broad SMARTS) is 1. The van der Waals surface area contributed by atoms with Crippen LogP contribution in [0.15, 0.2) is 54.6 Å². The molecule has 7 nitrogen and oxygen atoms in total. The van der Waals surface area contributed by atoms with Crippen LogP contribution in [0.2, 0.25) is 0 Å². The average molecular weight is 377 g/mol. The fourth-order valence-corrected chi connectivity index (χ4v) is 4.02. The molecule has 1 amide bonds. The Balaban J connectivity index is 2.28. The van der Waals surface area contributed by atoms with Crippen molar-refractivity contribution in [2.45, 2.75) is 12.6 Å². The first kappa shape index (κ1) is 19.8. The summed E-state index contributed by atoms with van der Waals surface area (Å²) in [5.74, 6) is -3.06. The van der Waals surface area contributed by atoms with Crippen LogP contribution in [0.5, 0.6) is 0 Å². The van der Waals surface area contributed by atoms with Crippen molar-refractivity contribution in [1.82, 2.24) is 5.32 Å². The largest absolute Gasteiger partial charge is 0.480 e. The topological polar surface area (TPSA) is 124 Å². The lowest BCUT2D eigenvalue weighted by Crippen LogP contribution is -2.35. The summed E-state index contributed by atoms with van der Waals surface area (Å²) in [6.45, 7) is 0.760. The van der Waals surface area contributed by atoms with Gasteiger partial charge in [-0.2, -0.15) is 0 Å². The van der Waals surface area contributed by atoms with E-state index < -0.39 is 37.6 Å². The molecule has 2 aromatic rings. The van der Waals surface area contributed by atoms with E-state index in [0.29, 0.717) is 5.56 Å². The third kappa shape index (κ3) is 5.02. The number of nitrogens with one attached hydrogen (secondary N) is 1. The van der Waals surface area contributed by atoms with Gasteiger partial charge in [0, 0.05) is 0 Å². The highest BCUT2D eigenvalue weighted by Crippen LogP contribution is 2.55. The Morgan fingerprint density at radius 1 is 1.00 bits per heavy atom. The molecule has 0 aliphatic carbocycles. The Bertz CT molecular complexity index is 815. The lowest BCUT2D eigenvalue weighted by molar-refractivity contribution is -0.138. The van der Waals surface area contributed by atoms with E-state index in [0.717, 1.165) is 11.1 Å². The maximum Gasteiger partial charge on any atom is 0.333 e. The minimum absolute atomic E-state index is 0.316. The Labute approximate surface area is 150 Å². The molecule has 2 rings (SSSR count). The number of carboxylic acids is 1. The molecule has 0 saturated heterocycles.